The summed E-state index contributed by atoms with van der Waals surface area (Å²) in [5.41, 5.74) is -1.98. The molecule has 5 rings (SSSR count). The van der Waals surface area contributed by atoms with Crippen LogP contribution in [0.4, 0.5) is 14.5 Å². The summed E-state index contributed by atoms with van der Waals surface area (Å²) in [5.74, 6) is -3.69. The van der Waals surface area contributed by atoms with Gasteiger partial charge in [0.1, 0.15) is 17.2 Å². The molecule has 2 saturated heterocycles. The number of carbonyl (C=O) groups is 1. The fourth-order valence-electron chi connectivity index (χ4n) is 4.86. The van der Waals surface area contributed by atoms with E-state index in [0.717, 1.165) is 25.0 Å². The number of rotatable bonds is 8. The van der Waals surface area contributed by atoms with Crippen molar-refractivity contribution in [2.75, 3.05) is 17.1 Å². The number of carbonyl (C=O) groups excluding carboxylic acids is 1. The summed E-state index contributed by atoms with van der Waals surface area (Å²) in [6, 6.07) is 3.48. The zero-order valence-corrected chi connectivity index (χ0v) is 25.9. The first-order valence-electron chi connectivity index (χ1n) is 14.1. The molecule has 43 heavy (non-hydrogen) atoms. The third kappa shape index (κ3) is 6.37. The van der Waals surface area contributed by atoms with Gasteiger partial charge in [0.05, 0.1) is 27.9 Å². The van der Waals surface area contributed by atoms with Crippen LogP contribution in [0.1, 0.15) is 84.0 Å². The van der Waals surface area contributed by atoms with Crippen molar-refractivity contribution < 1.29 is 37.5 Å². The second-order valence-corrected chi connectivity index (χ2v) is 13.2. The molecule has 0 saturated carbocycles. The van der Waals surface area contributed by atoms with E-state index in [1.54, 1.807) is 19.2 Å². The van der Waals surface area contributed by atoms with Crippen molar-refractivity contribution in [1.29, 1.82) is 0 Å². The van der Waals surface area contributed by atoms with Gasteiger partial charge in [-0.3, -0.25) is 9.52 Å². The Morgan fingerprint density at radius 2 is 1.86 bits per heavy atom. The van der Waals surface area contributed by atoms with E-state index in [1.807, 2.05) is 32.4 Å². The topological polar surface area (TPSA) is 122 Å². The van der Waals surface area contributed by atoms with E-state index in [9.17, 15) is 17.6 Å². The van der Waals surface area contributed by atoms with E-state index in [4.69, 9.17) is 14.0 Å². The molecule has 1 N–H and O–H groups in total. The molecule has 2 fully saturated rings. The van der Waals surface area contributed by atoms with Gasteiger partial charge in [0, 0.05) is 19.7 Å². The van der Waals surface area contributed by atoms with Crippen molar-refractivity contribution in [3.8, 4) is 0 Å². The quantitative estimate of drug-likeness (QED) is 0.209. The number of sulfonamides is 1. The molecule has 234 valence electrons. The first-order chi connectivity index (χ1) is 20.2. The molecule has 0 radical (unpaired) electrons. The minimum Gasteiger partial charge on any atom is -0.399 e. The van der Waals surface area contributed by atoms with E-state index in [0.29, 0.717) is 29.5 Å². The number of pyridine rings is 1. The van der Waals surface area contributed by atoms with Crippen LogP contribution in [0.25, 0.3) is 11.0 Å². The van der Waals surface area contributed by atoms with Crippen molar-refractivity contribution in [2.24, 2.45) is 0 Å². The zero-order chi connectivity index (χ0) is 31.7. The molecule has 1 aromatic carbocycles. The average Bonchev–Trinajstić information content (AvgIpc) is 3.45. The molecular weight excluding hydrogens is 581 g/mol. The van der Waals surface area contributed by atoms with Gasteiger partial charge < -0.3 is 14.0 Å². The maximum absolute atomic E-state index is 15.6. The molecule has 10 nitrogen and oxygen atoms in total. The molecule has 2 aliphatic heterocycles. The Hall–Kier alpha value is -3.20. The average molecular weight is 621 g/mol. The van der Waals surface area contributed by atoms with Crippen molar-refractivity contribution in [3.63, 3.8) is 0 Å². The highest BCUT2D eigenvalue weighted by atomic mass is 32.2. The highest BCUT2D eigenvalue weighted by Crippen LogP contribution is 2.37. The Morgan fingerprint density at radius 1 is 1.19 bits per heavy atom. The Bertz CT molecular complexity index is 1610. The van der Waals surface area contributed by atoms with Crippen LogP contribution in [0.5, 0.6) is 0 Å². The summed E-state index contributed by atoms with van der Waals surface area (Å²) in [6.07, 6.45) is 3.74. The Labute approximate surface area is 252 Å². The summed E-state index contributed by atoms with van der Waals surface area (Å²) in [4.78, 5) is 18.4. The number of aromatic nitrogens is 3. The van der Waals surface area contributed by atoms with Crippen LogP contribution < -0.4 is 10.2 Å². The van der Waals surface area contributed by atoms with E-state index in [1.165, 1.54) is 4.68 Å². The third-order valence-electron chi connectivity index (χ3n) is 7.80. The van der Waals surface area contributed by atoms with Gasteiger partial charge in [-0.25, -0.2) is 26.9 Å². The van der Waals surface area contributed by atoms with Crippen LogP contribution >= 0.6 is 0 Å². The number of ether oxygens (including phenoxy) is 1. The number of anilines is 1. The van der Waals surface area contributed by atoms with Gasteiger partial charge in [0.2, 0.25) is 15.8 Å². The molecule has 0 bridgehead atoms. The van der Waals surface area contributed by atoms with Crippen LogP contribution in [0, 0.1) is 11.6 Å². The van der Waals surface area contributed by atoms with Gasteiger partial charge in [-0.15, -0.1) is 13.2 Å². The van der Waals surface area contributed by atoms with Gasteiger partial charge in [-0.05, 0) is 71.6 Å². The number of halogens is 2. The van der Waals surface area contributed by atoms with Crippen molar-refractivity contribution in [2.45, 2.75) is 77.7 Å². The SMILES string of the molecule is C=C.CCCS(=O)(=O)Nc1c(F)ccc(C(=O)c2nn(C3CCCCO3)c3ncc(B4OC(C)(C)C(C)(C)O4)cc23)c1F.[HH]. The maximum atomic E-state index is 15.6. The van der Waals surface area contributed by atoms with Crippen molar-refractivity contribution >= 4 is 45.1 Å². The number of fused-ring (bicyclic) bond motifs is 1. The standard InChI is InChI=1S/C27H33BF2N4O6S.C2H4.H2/c1-6-13-41(36,37)33-23-19(29)11-10-17(21(23)30)24(35)22-18-14-16(28-39-26(2,3)27(4,5)40-28)15-31-25(18)34(32-22)20-9-7-8-12-38-20;1-2;/h10-11,14-15,20,33H,6-9,12-13H2,1-5H3;1-2H2;1H. The fourth-order valence-corrected chi connectivity index (χ4v) is 5.99. The summed E-state index contributed by atoms with van der Waals surface area (Å²) in [5, 5.41) is 4.81. The largest absolute Gasteiger partial charge is 0.496 e. The number of nitrogens with one attached hydrogen (secondary N) is 1. The normalized spacial score (nSPS) is 19.6. The Kier molecular flexibility index (Phi) is 9.45. The Morgan fingerprint density at radius 3 is 2.47 bits per heavy atom. The lowest BCUT2D eigenvalue weighted by Gasteiger charge is -2.32. The number of hydrogen-bond acceptors (Lipinski definition) is 8. The van der Waals surface area contributed by atoms with Gasteiger partial charge in [0.25, 0.3) is 0 Å². The van der Waals surface area contributed by atoms with E-state index in [2.05, 4.69) is 23.2 Å². The monoisotopic (exact) mass is 620 g/mol. The predicted octanol–water partition coefficient (Wildman–Crippen LogP) is 5.14. The highest BCUT2D eigenvalue weighted by molar-refractivity contribution is 7.92. The lowest BCUT2D eigenvalue weighted by Crippen LogP contribution is -2.41. The van der Waals surface area contributed by atoms with Crippen LogP contribution in [-0.2, 0) is 24.1 Å². The minimum absolute atomic E-state index is 0. The molecule has 0 amide bonds. The molecule has 0 spiro atoms. The molecule has 2 aliphatic rings. The van der Waals surface area contributed by atoms with E-state index >= 15 is 4.39 Å². The lowest BCUT2D eigenvalue weighted by molar-refractivity contribution is -0.0371. The maximum Gasteiger partial charge on any atom is 0.496 e. The van der Waals surface area contributed by atoms with Gasteiger partial charge in [-0.2, -0.15) is 5.10 Å². The molecule has 3 aromatic rings. The Balaban J connectivity index is 0.00000173. The molecule has 4 heterocycles. The van der Waals surface area contributed by atoms with Gasteiger partial charge in [-0.1, -0.05) is 6.92 Å². The van der Waals surface area contributed by atoms with Crippen LogP contribution in [0.2, 0.25) is 0 Å². The zero-order valence-electron chi connectivity index (χ0n) is 25.1. The van der Waals surface area contributed by atoms with Crippen molar-refractivity contribution in [3.05, 3.63) is 60.4 Å². The van der Waals surface area contributed by atoms with Crippen LogP contribution in [0.3, 0.4) is 0 Å². The number of nitrogens with zero attached hydrogens (tertiary/aromatic N) is 3. The molecular formula is C29H39BF2N4O6S. The second-order valence-electron chi connectivity index (χ2n) is 11.4. The summed E-state index contributed by atoms with van der Waals surface area (Å²) >= 11 is 0. The fraction of sp³-hybridized carbons (Fsp3) is 0.483. The summed E-state index contributed by atoms with van der Waals surface area (Å²) < 4.78 is 76.3. The van der Waals surface area contributed by atoms with Crippen LogP contribution in [0.15, 0.2) is 37.6 Å². The first kappa shape index (κ1) is 32.7. The summed E-state index contributed by atoms with van der Waals surface area (Å²) in [7, 11) is -4.81. The first-order valence-corrected chi connectivity index (χ1v) is 15.8. The lowest BCUT2D eigenvalue weighted by atomic mass is 9.80. The number of ketones is 1. The van der Waals surface area contributed by atoms with Crippen molar-refractivity contribution in [1.82, 2.24) is 14.8 Å². The van der Waals surface area contributed by atoms with E-state index in [-0.39, 0.29) is 19.3 Å². The second kappa shape index (κ2) is 12.4. The van der Waals surface area contributed by atoms with Gasteiger partial charge >= 0.3 is 7.12 Å². The van der Waals surface area contributed by atoms with E-state index < -0.39 is 63.2 Å². The third-order valence-corrected chi connectivity index (χ3v) is 9.26. The predicted molar refractivity (Wildman–Crippen MR) is 163 cm³/mol. The summed E-state index contributed by atoms with van der Waals surface area (Å²) in [6.45, 7) is 15.8. The van der Waals surface area contributed by atoms with Crippen LogP contribution in [-0.4, -0.2) is 59.6 Å². The number of benzene rings is 1. The molecule has 1 atom stereocenters. The van der Waals surface area contributed by atoms with Gasteiger partial charge in [0.15, 0.2) is 17.7 Å². The minimum atomic E-state index is -4.03. The molecule has 0 aliphatic carbocycles. The highest BCUT2D eigenvalue weighted by Gasteiger charge is 2.52. The smallest absolute Gasteiger partial charge is 0.399 e. The molecule has 2 aromatic heterocycles. The molecule has 1 unspecified atom stereocenters. The molecule has 14 heteroatoms. The number of hydrogen-bond donors (Lipinski definition) is 1.